The number of sulfonamides is 1. The molecule has 0 spiro atoms. The molecule has 0 bridgehead atoms. The molecule has 5 nitrogen and oxygen atoms in total. The topological polar surface area (TPSA) is 66.5 Å². The zero-order valence-corrected chi connectivity index (χ0v) is 15.5. The number of nitrogens with zero attached hydrogens (tertiary/aromatic N) is 1. The molecule has 1 heterocycles. The van der Waals surface area contributed by atoms with Gasteiger partial charge in [0, 0.05) is 18.1 Å². The minimum absolute atomic E-state index is 0.0301. The van der Waals surface area contributed by atoms with Crippen LogP contribution >= 0.6 is 11.6 Å². The Morgan fingerprint density at radius 3 is 2.50 bits per heavy atom. The Bertz CT molecular complexity index is 928. The van der Waals surface area contributed by atoms with Crippen molar-refractivity contribution in [3.05, 3.63) is 58.9 Å². The average Bonchev–Trinajstić information content (AvgIpc) is 2.65. The predicted octanol–water partition coefficient (Wildman–Crippen LogP) is 3.91. The van der Waals surface area contributed by atoms with Crippen molar-refractivity contribution < 1.29 is 17.6 Å². The van der Waals surface area contributed by atoms with Gasteiger partial charge in [0.05, 0.1) is 16.1 Å². The van der Waals surface area contributed by atoms with E-state index in [0.717, 1.165) is 25.3 Å². The minimum Gasteiger partial charge on any atom is -0.319 e. The Balaban J connectivity index is 1.94. The van der Waals surface area contributed by atoms with E-state index in [9.17, 15) is 17.6 Å². The number of rotatable bonds is 4. The molecular weight excluding hydrogens is 379 g/mol. The van der Waals surface area contributed by atoms with Crippen LogP contribution in [0.2, 0.25) is 5.02 Å². The van der Waals surface area contributed by atoms with Crippen LogP contribution in [-0.4, -0.2) is 31.7 Å². The summed E-state index contributed by atoms with van der Waals surface area (Å²) in [5.41, 5.74) is -0.134. The fraction of sp³-hybridized carbons (Fsp3) is 0.278. The monoisotopic (exact) mass is 396 g/mol. The molecule has 26 heavy (non-hydrogen) atoms. The minimum atomic E-state index is -3.80. The van der Waals surface area contributed by atoms with E-state index in [1.165, 1.54) is 28.6 Å². The molecule has 8 heteroatoms. The molecule has 1 N–H and O–H groups in total. The Morgan fingerprint density at radius 1 is 1.08 bits per heavy atom. The molecule has 1 saturated heterocycles. The highest BCUT2D eigenvalue weighted by Gasteiger charge is 2.29. The summed E-state index contributed by atoms with van der Waals surface area (Å²) in [6.07, 6.45) is 2.57. The van der Waals surface area contributed by atoms with Crippen molar-refractivity contribution in [3.8, 4) is 0 Å². The second kappa shape index (κ2) is 7.73. The van der Waals surface area contributed by atoms with Gasteiger partial charge < -0.3 is 5.32 Å². The second-order valence-corrected chi connectivity index (χ2v) is 8.38. The predicted molar refractivity (Wildman–Crippen MR) is 98.4 cm³/mol. The first kappa shape index (κ1) is 18.8. The largest absolute Gasteiger partial charge is 0.319 e. The number of piperidine rings is 1. The smallest absolute Gasteiger partial charge is 0.257 e. The molecule has 0 radical (unpaired) electrons. The van der Waals surface area contributed by atoms with Crippen LogP contribution in [0.4, 0.5) is 10.1 Å². The van der Waals surface area contributed by atoms with Crippen LogP contribution < -0.4 is 5.32 Å². The quantitative estimate of drug-likeness (QED) is 0.852. The fourth-order valence-corrected chi connectivity index (χ4v) is 4.78. The number of carbonyl (C=O) groups is 1. The number of benzene rings is 2. The lowest BCUT2D eigenvalue weighted by atomic mass is 10.2. The lowest BCUT2D eigenvalue weighted by Crippen LogP contribution is -2.36. The van der Waals surface area contributed by atoms with E-state index >= 15 is 0 Å². The fourth-order valence-electron chi connectivity index (χ4n) is 2.91. The molecule has 2 aromatic rings. The zero-order valence-electron chi connectivity index (χ0n) is 13.9. The first-order valence-electron chi connectivity index (χ1n) is 8.25. The molecule has 138 valence electrons. The normalized spacial score (nSPS) is 15.6. The summed E-state index contributed by atoms with van der Waals surface area (Å²) in [5, 5.41) is 2.66. The van der Waals surface area contributed by atoms with Gasteiger partial charge in [0.15, 0.2) is 0 Å². The van der Waals surface area contributed by atoms with Gasteiger partial charge in [-0.25, -0.2) is 12.8 Å². The van der Waals surface area contributed by atoms with Gasteiger partial charge in [-0.1, -0.05) is 30.2 Å². The van der Waals surface area contributed by atoms with Crippen molar-refractivity contribution in [2.45, 2.75) is 24.2 Å². The van der Waals surface area contributed by atoms with Crippen molar-refractivity contribution in [1.29, 1.82) is 0 Å². The Labute approximate surface area is 156 Å². The molecule has 0 atom stereocenters. The molecule has 3 rings (SSSR count). The summed E-state index contributed by atoms with van der Waals surface area (Å²) in [6, 6.07) is 9.71. The van der Waals surface area contributed by atoms with Crippen molar-refractivity contribution in [1.82, 2.24) is 4.31 Å². The summed E-state index contributed by atoms with van der Waals surface area (Å²) in [7, 11) is -3.80. The van der Waals surface area contributed by atoms with E-state index in [1.807, 2.05) is 0 Å². The van der Waals surface area contributed by atoms with E-state index in [1.54, 1.807) is 12.1 Å². The third-order valence-corrected chi connectivity index (χ3v) is 6.43. The number of halogens is 2. The maximum absolute atomic E-state index is 13.9. The van der Waals surface area contributed by atoms with Gasteiger partial charge in [-0.05, 0) is 43.2 Å². The zero-order chi connectivity index (χ0) is 18.7. The number of nitrogens with one attached hydrogen (secondary N) is 1. The first-order valence-corrected chi connectivity index (χ1v) is 10.1. The van der Waals surface area contributed by atoms with Gasteiger partial charge in [-0.2, -0.15) is 4.31 Å². The van der Waals surface area contributed by atoms with Gasteiger partial charge >= 0.3 is 0 Å². The second-order valence-electron chi connectivity index (χ2n) is 6.04. The van der Waals surface area contributed by atoms with Crippen molar-refractivity contribution in [2.24, 2.45) is 0 Å². The molecule has 2 aromatic carbocycles. The summed E-state index contributed by atoms with van der Waals surface area (Å²) in [6.45, 7) is 0.864. The van der Waals surface area contributed by atoms with Crippen LogP contribution in [0.5, 0.6) is 0 Å². The van der Waals surface area contributed by atoms with Crippen molar-refractivity contribution >= 4 is 33.2 Å². The molecule has 1 amide bonds. The highest BCUT2D eigenvalue weighted by Crippen LogP contribution is 2.25. The number of amides is 1. The van der Waals surface area contributed by atoms with E-state index in [4.69, 9.17) is 11.6 Å². The number of hydrogen-bond donors (Lipinski definition) is 1. The highest BCUT2D eigenvalue weighted by atomic mass is 35.5. The molecule has 0 aromatic heterocycles. The standard InChI is InChI=1S/C18H18ClFN2O3S/c19-13-8-9-15(20)16(12-13)21-18(23)14-6-2-3-7-17(14)26(24,25)22-10-4-1-5-11-22/h2-3,6-9,12H,1,4-5,10-11H2,(H,21,23). The Kier molecular flexibility index (Phi) is 5.60. The number of carbonyl (C=O) groups excluding carboxylic acids is 1. The number of hydrogen-bond acceptors (Lipinski definition) is 3. The third kappa shape index (κ3) is 3.90. The lowest BCUT2D eigenvalue weighted by Gasteiger charge is -2.26. The molecule has 1 aliphatic heterocycles. The van der Waals surface area contributed by atoms with Gasteiger partial charge in [0.25, 0.3) is 5.91 Å². The maximum atomic E-state index is 13.9. The van der Waals surface area contributed by atoms with Crippen LogP contribution in [0.3, 0.4) is 0 Å². The van der Waals surface area contributed by atoms with Gasteiger partial charge in [0.2, 0.25) is 10.0 Å². The Morgan fingerprint density at radius 2 is 1.77 bits per heavy atom. The van der Waals surface area contributed by atoms with E-state index < -0.39 is 21.7 Å². The summed E-state index contributed by atoms with van der Waals surface area (Å²) < 4.78 is 41.1. The number of anilines is 1. The molecule has 0 saturated carbocycles. The van der Waals surface area contributed by atoms with E-state index in [0.29, 0.717) is 13.1 Å². The average molecular weight is 397 g/mol. The molecule has 0 aliphatic carbocycles. The first-order chi connectivity index (χ1) is 12.4. The molecule has 1 fully saturated rings. The van der Waals surface area contributed by atoms with Gasteiger partial charge in [-0.3, -0.25) is 4.79 Å². The molecule has 1 aliphatic rings. The van der Waals surface area contributed by atoms with Crippen molar-refractivity contribution in [2.75, 3.05) is 18.4 Å². The van der Waals surface area contributed by atoms with Gasteiger partial charge in [-0.15, -0.1) is 0 Å². The summed E-state index contributed by atoms with van der Waals surface area (Å²) in [4.78, 5) is 12.5. The van der Waals surface area contributed by atoms with Crippen molar-refractivity contribution in [3.63, 3.8) is 0 Å². The van der Waals surface area contributed by atoms with E-state index in [-0.39, 0.29) is 21.2 Å². The summed E-state index contributed by atoms with van der Waals surface area (Å²) >= 11 is 5.83. The SMILES string of the molecule is O=C(Nc1cc(Cl)ccc1F)c1ccccc1S(=O)(=O)N1CCCCC1. The summed E-state index contributed by atoms with van der Waals surface area (Å²) in [5.74, 6) is -1.36. The Hall–Kier alpha value is -1.96. The lowest BCUT2D eigenvalue weighted by molar-refractivity contribution is 0.102. The molecular formula is C18H18ClFN2O3S. The van der Waals surface area contributed by atoms with Crippen LogP contribution in [0.25, 0.3) is 0 Å². The van der Waals surface area contributed by atoms with E-state index in [2.05, 4.69) is 5.32 Å². The third-order valence-electron chi connectivity index (χ3n) is 4.24. The highest BCUT2D eigenvalue weighted by molar-refractivity contribution is 7.89. The van der Waals surface area contributed by atoms with Crippen LogP contribution in [0.15, 0.2) is 47.4 Å². The van der Waals surface area contributed by atoms with Crippen LogP contribution in [0, 0.1) is 5.82 Å². The van der Waals surface area contributed by atoms with Crippen LogP contribution in [0.1, 0.15) is 29.6 Å². The van der Waals surface area contributed by atoms with Gasteiger partial charge in [0.1, 0.15) is 5.82 Å². The van der Waals surface area contributed by atoms with Crippen LogP contribution in [-0.2, 0) is 10.0 Å². The maximum Gasteiger partial charge on any atom is 0.257 e. The molecule has 0 unspecified atom stereocenters.